The molecule has 0 saturated carbocycles. The van der Waals surface area contributed by atoms with E-state index in [1.165, 1.54) is 0 Å². The predicted molar refractivity (Wildman–Crippen MR) is 109 cm³/mol. The average Bonchev–Trinajstić information content (AvgIpc) is 3.15. The van der Waals surface area contributed by atoms with Crippen molar-refractivity contribution in [1.29, 1.82) is 0 Å². The van der Waals surface area contributed by atoms with Gasteiger partial charge in [-0.25, -0.2) is 4.79 Å². The van der Waals surface area contributed by atoms with Crippen molar-refractivity contribution in [3.8, 4) is 0 Å². The summed E-state index contributed by atoms with van der Waals surface area (Å²) in [4.78, 5) is 14.1. The van der Waals surface area contributed by atoms with Crippen molar-refractivity contribution in [3.63, 3.8) is 0 Å². The number of aliphatic hydroxyl groups is 1. The van der Waals surface area contributed by atoms with Crippen LogP contribution < -0.4 is 0 Å². The van der Waals surface area contributed by atoms with Gasteiger partial charge in [0.15, 0.2) is 0 Å². The van der Waals surface area contributed by atoms with Crippen LogP contribution in [0.25, 0.3) is 0 Å². The summed E-state index contributed by atoms with van der Waals surface area (Å²) in [5, 5.41) is 11.8. The van der Waals surface area contributed by atoms with Crippen LogP contribution in [0.1, 0.15) is 39.4 Å². The molecule has 5 heteroatoms. The lowest BCUT2D eigenvalue weighted by atomic mass is 9.73. The smallest absolute Gasteiger partial charge is 0.410 e. The maximum atomic E-state index is 12.4. The zero-order valence-electron chi connectivity index (χ0n) is 16.8. The van der Waals surface area contributed by atoms with Gasteiger partial charge in [-0.3, -0.25) is 0 Å². The molecule has 0 aromatic carbocycles. The van der Waals surface area contributed by atoms with Crippen LogP contribution in [-0.2, 0) is 10.3 Å². The lowest BCUT2D eigenvalue weighted by Crippen LogP contribution is -2.47. The van der Waals surface area contributed by atoms with Gasteiger partial charge in [-0.1, -0.05) is 42.5 Å². The highest BCUT2D eigenvalue weighted by atomic mass is 16.6. The van der Waals surface area contributed by atoms with E-state index in [4.69, 9.17) is 9.15 Å². The lowest BCUT2D eigenvalue weighted by molar-refractivity contribution is -0.0361. The van der Waals surface area contributed by atoms with E-state index in [0.29, 0.717) is 31.7 Å². The van der Waals surface area contributed by atoms with Crippen molar-refractivity contribution in [3.05, 3.63) is 72.3 Å². The van der Waals surface area contributed by atoms with Crippen molar-refractivity contribution in [2.24, 2.45) is 5.92 Å². The van der Waals surface area contributed by atoms with E-state index < -0.39 is 11.2 Å². The Morgan fingerprint density at radius 2 is 1.82 bits per heavy atom. The first-order valence-corrected chi connectivity index (χ1v) is 9.77. The molecule has 1 N–H and O–H groups in total. The molecule has 1 saturated heterocycles. The summed E-state index contributed by atoms with van der Waals surface area (Å²) in [6, 6.07) is 3.60. The van der Waals surface area contributed by atoms with Crippen LogP contribution >= 0.6 is 0 Å². The maximum Gasteiger partial charge on any atom is 0.410 e. The number of furan rings is 1. The number of hydrogen-bond donors (Lipinski definition) is 1. The minimum atomic E-state index is -1.25. The van der Waals surface area contributed by atoms with Gasteiger partial charge in [0, 0.05) is 19.0 Å². The predicted octanol–water partition coefficient (Wildman–Crippen LogP) is 4.72. The van der Waals surface area contributed by atoms with Crippen molar-refractivity contribution in [1.82, 2.24) is 4.90 Å². The molecule has 2 aliphatic rings. The number of hydrogen-bond acceptors (Lipinski definition) is 4. The summed E-state index contributed by atoms with van der Waals surface area (Å²) >= 11 is 0. The molecule has 28 heavy (non-hydrogen) atoms. The third-order valence-electron chi connectivity index (χ3n) is 5.07. The first kappa shape index (κ1) is 20.2. The molecule has 1 aliphatic carbocycles. The molecule has 5 nitrogen and oxygen atoms in total. The molecule has 3 rings (SSSR count). The second-order valence-corrected chi connectivity index (χ2v) is 8.24. The molecule has 1 aromatic rings. The van der Waals surface area contributed by atoms with Crippen LogP contribution in [0, 0.1) is 5.92 Å². The fourth-order valence-electron chi connectivity index (χ4n) is 3.70. The minimum absolute atomic E-state index is 0.0787. The molecule has 1 amide bonds. The maximum absolute atomic E-state index is 12.4. The topological polar surface area (TPSA) is 62.9 Å². The van der Waals surface area contributed by atoms with E-state index in [-0.39, 0.29) is 12.0 Å². The molecular formula is C23H29NO4. The molecule has 0 radical (unpaired) electrons. The number of carbonyl (C=O) groups is 1. The number of rotatable bonds is 3. The van der Waals surface area contributed by atoms with Crippen molar-refractivity contribution in [2.45, 2.75) is 44.8 Å². The van der Waals surface area contributed by atoms with Gasteiger partial charge in [0.1, 0.15) is 17.0 Å². The van der Waals surface area contributed by atoms with E-state index in [1.807, 2.05) is 69.4 Å². The normalized spacial score (nSPS) is 25.6. The average molecular weight is 383 g/mol. The highest BCUT2D eigenvalue weighted by molar-refractivity contribution is 5.68. The number of amides is 1. The standard InChI is InChI=1S/C23H29NO4/c1-22(2,3)28-21(25)24-15-13-19(14-16-24)23(26,20-12-9-17-27-20)18-10-7-5-4-6-8-11-18/h4-12,17,19,26H,13-16H2,1-3H3/b5-4+,6-4?,7-5?,8-6-,10-7+,11-8?,18-10?,18-11+. The lowest BCUT2D eigenvalue weighted by Gasteiger charge is -2.41. The van der Waals surface area contributed by atoms with Crippen LogP contribution in [0.2, 0.25) is 0 Å². The van der Waals surface area contributed by atoms with E-state index in [1.54, 1.807) is 17.2 Å². The van der Waals surface area contributed by atoms with Gasteiger partial charge in [-0.05, 0) is 51.3 Å². The van der Waals surface area contributed by atoms with E-state index >= 15 is 0 Å². The second-order valence-electron chi connectivity index (χ2n) is 8.24. The Kier molecular flexibility index (Phi) is 5.94. The fraction of sp³-hybridized carbons (Fsp3) is 0.435. The number of likely N-dealkylation sites (tertiary alicyclic amines) is 1. The van der Waals surface area contributed by atoms with Gasteiger partial charge in [0.2, 0.25) is 0 Å². The monoisotopic (exact) mass is 383 g/mol. The van der Waals surface area contributed by atoms with E-state index in [0.717, 1.165) is 5.57 Å². The highest BCUT2D eigenvalue weighted by Gasteiger charge is 2.45. The first-order valence-electron chi connectivity index (χ1n) is 9.77. The summed E-state index contributed by atoms with van der Waals surface area (Å²) < 4.78 is 11.1. The number of allylic oxidation sites excluding steroid dienone is 6. The van der Waals surface area contributed by atoms with Gasteiger partial charge in [-0.15, -0.1) is 0 Å². The Labute approximate surface area is 166 Å². The second kappa shape index (κ2) is 8.23. The molecule has 1 fully saturated rings. The molecule has 0 bridgehead atoms. The highest BCUT2D eigenvalue weighted by Crippen LogP contribution is 2.43. The quantitative estimate of drug-likeness (QED) is 0.820. The minimum Gasteiger partial charge on any atom is -0.466 e. The van der Waals surface area contributed by atoms with Crippen molar-refractivity contribution >= 4 is 6.09 Å². The molecule has 150 valence electrons. The van der Waals surface area contributed by atoms with Gasteiger partial charge >= 0.3 is 6.09 Å². The summed E-state index contributed by atoms with van der Waals surface area (Å²) in [7, 11) is 0. The van der Waals surface area contributed by atoms with E-state index in [9.17, 15) is 9.90 Å². The van der Waals surface area contributed by atoms with Crippen LogP contribution in [0.4, 0.5) is 4.79 Å². The number of carbonyl (C=O) groups excluding carboxylic acids is 1. The van der Waals surface area contributed by atoms with E-state index in [2.05, 4.69) is 0 Å². The molecule has 1 atom stereocenters. The Balaban J connectivity index is 1.81. The third-order valence-corrected chi connectivity index (χ3v) is 5.07. The molecule has 2 heterocycles. The summed E-state index contributed by atoms with van der Waals surface area (Å²) in [5.74, 6) is 0.446. The number of piperidine rings is 1. The molecular weight excluding hydrogens is 354 g/mol. The van der Waals surface area contributed by atoms with Crippen LogP contribution in [0.5, 0.6) is 0 Å². The van der Waals surface area contributed by atoms with Crippen LogP contribution in [-0.4, -0.2) is 34.8 Å². The van der Waals surface area contributed by atoms with Gasteiger partial charge in [0.25, 0.3) is 0 Å². The van der Waals surface area contributed by atoms with Crippen molar-refractivity contribution < 1.29 is 19.1 Å². The Morgan fingerprint density at radius 1 is 1.14 bits per heavy atom. The zero-order valence-corrected chi connectivity index (χ0v) is 16.8. The van der Waals surface area contributed by atoms with Gasteiger partial charge in [0.05, 0.1) is 6.26 Å². The first-order chi connectivity index (χ1) is 13.3. The molecule has 0 spiro atoms. The fourth-order valence-corrected chi connectivity index (χ4v) is 3.70. The Bertz CT molecular complexity index is 787. The van der Waals surface area contributed by atoms with Gasteiger partial charge < -0.3 is 19.2 Å². The third kappa shape index (κ3) is 4.47. The number of nitrogens with zero attached hydrogens (tertiary/aromatic N) is 1. The van der Waals surface area contributed by atoms with Gasteiger partial charge in [-0.2, -0.15) is 0 Å². The number of ether oxygens (including phenoxy) is 1. The summed E-state index contributed by atoms with van der Waals surface area (Å²) in [5.41, 5.74) is -0.994. The Morgan fingerprint density at radius 3 is 2.46 bits per heavy atom. The largest absolute Gasteiger partial charge is 0.466 e. The van der Waals surface area contributed by atoms with Crippen LogP contribution in [0.15, 0.2) is 70.9 Å². The molecule has 1 unspecified atom stereocenters. The SMILES string of the molecule is CC(C)(C)OC(=O)N1CCC(C(O)(C2=C/C=C\C=C\C=C\2)c2ccco2)CC1. The summed E-state index contributed by atoms with van der Waals surface area (Å²) in [6.45, 7) is 6.67. The van der Waals surface area contributed by atoms with Crippen LogP contribution in [0.3, 0.4) is 0 Å². The Hall–Kier alpha value is -2.53. The zero-order chi connectivity index (χ0) is 20.2. The molecule has 1 aromatic heterocycles. The van der Waals surface area contributed by atoms with Crippen molar-refractivity contribution in [2.75, 3.05) is 13.1 Å². The molecule has 1 aliphatic heterocycles. The summed E-state index contributed by atoms with van der Waals surface area (Å²) in [6.07, 6.45) is 16.1.